The van der Waals surface area contributed by atoms with E-state index in [1.54, 1.807) is 32.4 Å². The number of methoxy groups -OCH3 is 2. The Morgan fingerprint density at radius 3 is 2.83 bits per heavy atom. The Balaban J connectivity index is 1.67. The summed E-state index contributed by atoms with van der Waals surface area (Å²) in [6, 6.07) is 6.72. The van der Waals surface area contributed by atoms with E-state index in [4.69, 9.17) is 9.47 Å². The van der Waals surface area contributed by atoms with Gasteiger partial charge >= 0.3 is 0 Å². The highest BCUT2D eigenvalue weighted by atomic mass is 19.1. The van der Waals surface area contributed by atoms with Crippen LogP contribution in [0.25, 0.3) is 0 Å². The number of nitrogens with zero attached hydrogens (tertiary/aromatic N) is 1. The van der Waals surface area contributed by atoms with Crippen LogP contribution in [0.2, 0.25) is 0 Å². The molecule has 3 atom stereocenters. The molecule has 2 fully saturated rings. The van der Waals surface area contributed by atoms with Gasteiger partial charge < -0.3 is 14.4 Å². The van der Waals surface area contributed by atoms with E-state index in [1.165, 1.54) is 6.07 Å². The Bertz CT molecular complexity index is 594. The molecule has 1 saturated carbocycles. The lowest BCUT2D eigenvalue weighted by molar-refractivity contribution is -0.140. The number of hydrogen-bond donors (Lipinski definition) is 0. The van der Waals surface area contributed by atoms with E-state index in [-0.39, 0.29) is 29.5 Å². The second kappa shape index (κ2) is 7.19. The van der Waals surface area contributed by atoms with Crippen molar-refractivity contribution in [3.63, 3.8) is 0 Å². The van der Waals surface area contributed by atoms with Gasteiger partial charge in [0.2, 0.25) is 5.91 Å². The fraction of sp³-hybridized carbons (Fsp3) is 0.632. The number of carbonyl (C=O) groups is 1. The number of fused-ring (bicyclic) bond motifs is 1. The van der Waals surface area contributed by atoms with Crippen LogP contribution in [-0.2, 0) is 20.7 Å². The Morgan fingerprint density at radius 2 is 2.12 bits per heavy atom. The van der Waals surface area contributed by atoms with Gasteiger partial charge in [0.15, 0.2) is 0 Å². The highest BCUT2D eigenvalue weighted by Gasteiger charge is 2.52. The maximum Gasteiger partial charge on any atom is 0.223 e. The number of rotatable bonds is 5. The number of benzene rings is 1. The summed E-state index contributed by atoms with van der Waals surface area (Å²) in [4.78, 5) is 14.7. The Labute approximate surface area is 142 Å². The fourth-order valence-corrected chi connectivity index (χ4v) is 4.26. The number of likely N-dealkylation sites (tertiary alicyclic amines) is 1. The van der Waals surface area contributed by atoms with Gasteiger partial charge in [-0.1, -0.05) is 18.2 Å². The van der Waals surface area contributed by atoms with Crippen LogP contribution in [0.1, 0.15) is 37.7 Å². The van der Waals surface area contributed by atoms with Gasteiger partial charge in [0.1, 0.15) is 5.82 Å². The minimum atomic E-state index is -0.241. The molecule has 1 aromatic rings. The minimum Gasteiger partial charge on any atom is -0.381 e. The maximum atomic E-state index is 13.7. The first-order chi connectivity index (χ1) is 11.6. The normalized spacial score (nSPS) is 29.5. The zero-order chi connectivity index (χ0) is 17.2. The van der Waals surface area contributed by atoms with E-state index in [2.05, 4.69) is 0 Å². The van der Waals surface area contributed by atoms with Gasteiger partial charge in [0, 0.05) is 27.2 Å². The van der Waals surface area contributed by atoms with Crippen molar-refractivity contribution in [1.29, 1.82) is 0 Å². The number of halogens is 1. The van der Waals surface area contributed by atoms with Crippen LogP contribution < -0.4 is 0 Å². The van der Waals surface area contributed by atoms with Gasteiger partial charge in [-0.25, -0.2) is 4.39 Å². The summed E-state index contributed by atoms with van der Waals surface area (Å²) < 4.78 is 25.1. The molecule has 3 rings (SSSR count). The van der Waals surface area contributed by atoms with Crippen molar-refractivity contribution in [2.45, 2.75) is 56.3 Å². The van der Waals surface area contributed by atoms with E-state index in [1.807, 2.05) is 4.90 Å². The van der Waals surface area contributed by atoms with Crippen LogP contribution in [0.15, 0.2) is 24.3 Å². The van der Waals surface area contributed by atoms with Crippen molar-refractivity contribution in [2.75, 3.05) is 20.8 Å². The molecule has 4 nitrogen and oxygen atoms in total. The molecule has 1 aliphatic heterocycles. The summed E-state index contributed by atoms with van der Waals surface area (Å²) in [6.07, 6.45) is 4.52. The zero-order valence-electron chi connectivity index (χ0n) is 14.5. The smallest absolute Gasteiger partial charge is 0.223 e. The van der Waals surface area contributed by atoms with E-state index in [0.717, 1.165) is 25.7 Å². The molecule has 1 aliphatic carbocycles. The largest absolute Gasteiger partial charge is 0.381 e. The first kappa shape index (κ1) is 17.4. The third-order valence-corrected chi connectivity index (χ3v) is 5.76. The van der Waals surface area contributed by atoms with E-state index in [0.29, 0.717) is 24.9 Å². The van der Waals surface area contributed by atoms with Gasteiger partial charge in [0.25, 0.3) is 0 Å². The van der Waals surface area contributed by atoms with Gasteiger partial charge in [-0.05, 0) is 43.7 Å². The molecule has 1 heterocycles. The molecule has 0 spiro atoms. The number of carbonyl (C=O) groups excluding carboxylic acids is 1. The summed E-state index contributed by atoms with van der Waals surface area (Å²) in [5.74, 6) is -0.158. The first-order valence-electron chi connectivity index (χ1n) is 8.70. The summed E-state index contributed by atoms with van der Waals surface area (Å²) >= 11 is 0. The molecule has 24 heavy (non-hydrogen) atoms. The van der Waals surface area contributed by atoms with Gasteiger partial charge in [-0.15, -0.1) is 0 Å². The fourth-order valence-electron chi connectivity index (χ4n) is 4.26. The van der Waals surface area contributed by atoms with Crippen LogP contribution in [0.4, 0.5) is 4.39 Å². The summed E-state index contributed by atoms with van der Waals surface area (Å²) in [7, 11) is 3.47. The quantitative estimate of drug-likeness (QED) is 0.830. The van der Waals surface area contributed by atoms with Crippen LogP contribution in [0.3, 0.4) is 0 Å². The minimum absolute atomic E-state index is 0.0642. The maximum absolute atomic E-state index is 13.7. The number of hydrogen-bond acceptors (Lipinski definition) is 3. The molecular weight excluding hydrogens is 309 g/mol. The van der Waals surface area contributed by atoms with Gasteiger partial charge in [-0.3, -0.25) is 4.79 Å². The number of ether oxygens (including phenoxy) is 2. The third-order valence-electron chi connectivity index (χ3n) is 5.76. The topological polar surface area (TPSA) is 38.8 Å². The van der Waals surface area contributed by atoms with Crippen molar-refractivity contribution in [3.05, 3.63) is 35.6 Å². The molecule has 1 saturated heterocycles. The van der Waals surface area contributed by atoms with Crippen LogP contribution >= 0.6 is 0 Å². The van der Waals surface area contributed by atoms with Crippen LogP contribution in [0.5, 0.6) is 0 Å². The second-order valence-electron chi connectivity index (χ2n) is 6.85. The molecule has 0 bridgehead atoms. The Kier molecular flexibility index (Phi) is 5.21. The lowest BCUT2D eigenvalue weighted by atomic mass is 9.79. The summed E-state index contributed by atoms with van der Waals surface area (Å²) in [6.45, 7) is 0.713. The SMILES string of the molecule is CO[C@@H]1CC[C@@]2(OC)CCN(C(=O)CCc3ccccc3F)[C@H]2C1. The molecule has 2 aliphatic rings. The average molecular weight is 335 g/mol. The molecular formula is C19H26FNO3. The monoisotopic (exact) mass is 335 g/mol. The predicted molar refractivity (Wildman–Crippen MR) is 89.2 cm³/mol. The molecule has 0 aromatic heterocycles. The van der Waals surface area contributed by atoms with Crippen molar-refractivity contribution in [3.8, 4) is 0 Å². The van der Waals surface area contributed by atoms with Crippen LogP contribution in [-0.4, -0.2) is 49.3 Å². The molecule has 0 radical (unpaired) electrons. The molecule has 1 amide bonds. The number of aryl methyl sites for hydroxylation is 1. The highest BCUT2D eigenvalue weighted by Crippen LogP contribution is 2.43. The molecule has 132 valence electrons. The van der Waals surface area contributed by atoms with Crippen molar-refractivity contribution >= 4 is 5.91 Å². The number of amides is 1. The van der Waals surface area contributed by atoms with Crippen molar-refractivity contribution < 1.29 is 18.7 Å². The highest BCUT2D eigenvalue weighted by molar-refractivity contribution is 5.77. The molecule has 0 unspecified atom stereocenters. The van der Waals surface area contributed by atoms with E-state index >= 15 is 0 Å². The Hall–Kier alpha value is -1.46. The summed E-state index contributed by atoms with van der Waals surface area (Å²) in [5, 5.41) is 0. The third kappa shape index (κ3) is 3.20. The molecule has 1 aromatic carbocycles. The molecule has 0 N–H and O–H groups in total. The average Bonchev–Trinajstić information content (AvgIpc) is 3.00. The molecule has 5 heteroatoms. The Morgan fingerprint density at radius 1 is 1.33 bits per heavy atom. The van der Waals surface area contributed by atoms with E-state index < -0.39 is 0 Å². The van der Waals surface area contributed by atoms with Crippen LogP contribution in [0, 0.1) is 5.82 Å². The summed E-state index contributed by atoms with van der Waals surface area (Å²) in [5.41, 5.74) is 0.365. The van der Waals surface area contributed by atoms with Gasteiger partial charge in [-0.2, -0.15) is 0 Å². The standard InChI is InChI=1S/C19H26FNO3/c1-23-15-9-10-19(24-2)11-12-21(17(19)13-15)18(22)8-7-14-5-3-4-6-16(14)20/h3-6,15,17H,7-13H2,1-2H3/t15-,17+,19-/m1/s1. The van der Waals surface area contributed by atoms with E-state index in [9.17, 15) is 9.18 Å². The predicted octanol–water partition coefficient (Wildman–Crippen LogP) is 2.94. The lowest BCUT2D eigenvalue weighted by Crippen LogP contribution is -2.53. The van der Waals surface area contributed by atoms with Crippen molar-refractivity contribution in [1.82, 2.24) is 4.90 Å². The second-order valence-corrected chi connectivity index (χ2v) is 6.85. The zero-order valence-corrected chi connectivity index (χ0v) is 14.5. The first-order valence-corrected chi connectivity index (χ1v) is 8.70. The lowest BCUT2D eigenvalue weighted by Gasteiger charge is -2.43. The van der Waals surface area contributed by atoms with Gasteiger partial charge in [0.05, 0.1) is 17.7 Å². The van der Waals surface area contributed by atoms with Crippen molar-refractivity contribution in [2.24, 2.45) is 0 Å².